The number of rotatable bonds is 7. The summed E-state index contributed by atoms with van der Waals surface area (Å²) in [6.07, 6.45) is 2.32. The predicted octanol–water partition coefficient (Wildman–Crippen LogP) is 3.33. The molecule has 0 saturated carbocycles. The van der Waals surface area contributed by atoms with Gasteiger partial charge in [-0.05, 0) is 30.2 Å². The molecule has 1 rings (SSSR count). The summed E-state index contributed by atoms with van der Waals surface area (Å²) >= 11 is 0. The van der Waals surface area contributed by atoms with E-state index in [4.69, 9.17) is 0 Å². The van der Waals surface area contributed by atoms with Crippen molar-refractivity contribution in [3.8, 4) is 0 Å². The Kier molecular flexibility index (Phi) is 5.66. The minimum Gasteiger partial charge on any atom is -0.385 e. The van der Waals surface area contributed by atoms with Crippen molar-refractivity contribution in [2.75, 3.05) is 17.6 Å². The molecule has 1 aromatic carbocycles. The van der Waals surface area contributed by atoms with Crippen LogP contribution in [0.1, 0.15) is 33.6 Å². The number of sulfone groups is 1. The van der Waals surface area contributed by atoms with Gasteiger partial charge in [0.15, 0.2) is 9.84 Å². The molecule has 0 bridgehead atoms. The van der Waals surface area contributed by atoms with Crippen molar-refractivity contribution in [1.82, 2.24) is 0 Å². The minimum absolute atomic E-state index is 0.146. The molecule has 0 heterocycles. The molecule has 18 heavy (non-hydrogen) atoms. The van der Waals surface area contributed by atoms with Crippen molar-refractivity contribution >= 4 is 15.5 Å². The van der Waals surface area contributed by atoms with Crippen molar-refractivity contribution in [3.05, 3.63) is 24.3 Å². The van der Waals surface area contributed by atoms with Crippen LogP contribution in [0.25, 0.3) is 0 Å². The summed E-state index contributed by atoms with van der Waals surface area (Å²) in [5.74, 6) is 0.817. The molecule has 1 aromatic rings. The largest absolute Gasteiger partial charge is 0.385 e. The van der Waals surface area contributed by atoms with E-state index in [0.717, 1.165) is 25.1 Å². The average Bonchev–Trinajstić information content (AvgIpc) is 2.40. The third-order valence-corrected chi connectivity index (χ3v) is 5.09. The topological polar surface area (TPSA) is 46.2 Å². The van der Waals surface area contributed by atoms with Crippen LogP contribution in [0.3, 0.4) is 0 Å². The highest BCUT2D eigenvalue weighted by Crippen LogP contribution is 2.16. The SMILES string of the molecule is CCC(CC)CNc1ccc(S(=O)(=O)CC)cc1. The van der Waals surface area contributed by atoms with E-state index in [2.05, 4.69) is 19.2 Å². The lowest BCUT2D eigenvalue weighted by molar-refractivity contribution is 0.519. The highest BCUT2D eigenvalue weighted by Gasteiger charge is 2.10. The summed E-state index contributed by atoms with van der Waals surface area (Å²) < 4.78 is 23.3. The van der Waals surface area contributed by atoms with Crippen LogP contribution in [0.15, 0.2) is 29.2 Å². The molecule has 0 atom stereocenters. The molecule has 0 amide bonds. The van der Waals surface area contributed by atoms with Crippen LogP contribution < -0.4 is 5.32 Å². The van der Waals surface area contributed by atoms with E-state index >= 15 is 0 Å². The van der Waals surface area contributed by atoms with E-state index in [-0.39, 0.29) is 5.75 Å². The molecule has 4 heteroatoms. The fraction of sp³-hybridized carbons (Fsp3) is 0.571. The van der Waals surface area contributed by atoms with Gasteiger partial charge >= 0.3 is 0 Å². The van der Waals surface area contributed by atoms with Gasteiger partial charge in [-0.25, -0.2) is 8.42 Å². The summed E-state index contributed by atoms with van der Waals surface area (Å²) in [6.45, 7) is 6.97. The Morgan fingerprint density at radius 3 is 2.06 bits per heavy atom. The maximum atomic E-state index is 11.7. The first-order valence-electron chi connectivity index (χ1n) is 6.60. The van der Waals surface area contributed by atoms with E-state index in [1.807, 2.05) is 12.1 Å². The average molecular weight is 269 g/mol. The Labute approximate surface area is 111 Å². The molecule has 0 aliphatic heterocycles. The Balaban J connectivity index is 2.67. The zero-order chi connectivity index (χ0) is 13.6. The van der Waals surface area contributed by atoms with Gasteiger partial charge in [-0.2, -0.15) is 0 Å². The monoisotopic (exact) mass is 269 g/mol. The van der Waals surface area contributed by atoms with Gasteiger partial charge < -0.3 is 5.32 Å². The number of benzene rings is 1. The molecule has 0 aliphatic rings. The van der Waals surface area contributed by atoms with Crippen molar-refractivity contribution in [2.45, 2.75) is 38.5 Å². The second-order valence-corrected chi connectivity index (χ2v) is 6.77. The van der Waals surface area contributed by atoms with Gasteiger partial charge in [0.2, 0.25) is 0 Å². The standard InChI is InChI=1S/C14H23NO2S/c1-4-12(5-2)11-15-13-7-9-14(10-8-13)18(16,17)6-3/h7-10,12,15H,4-6,11H2,1-3H3. The van der Waals surface area contributed by atoms with Crippen LogP contribution in [0, 0.1) is 5.92 Å². The fourth-order valence-electron chi connectivity index (χ4n) is 1.79. The first-order chi connectivity index (χ1) is 8.53. The van der Waals surface area contributed by atoms with Gasteiger partial charge in [-0.15, -0.1) is 0 Å². The summed E-state index contributed by atoms with van der Waals surface area (Å²) in [6, 6.07) is 7.03. The van der Waals surface area contributed by atoms with Crippen LogP contribution in [-0.2, 0) is 9.84 Å². The lowest BCUT2D eigenvalue weighted by atomic mass is 10.0. The molecule has 0 aliphatic carbocycles. The zero-order valence-electron chi connectivity index (χ0n) is 11.4. The van der Waals surface area contributed by atoms with E-state index in [1.54, 1.807) is 19.1 Å². The molecule has 102 valence electrons. The third-order valence-electron chi connectivity index (χ3n) is 3.34. The molecule has 0 fully saturated rings. The Bertz CT molecular complexity index is 447. The number of nitrogens with one attached hydrogen (secondary N) is 1. The van der Waals surface area contributed by atoms with E-state index < -0.39 is 9.84 Å². The van der Waals surface area contributed by atoms with Crippen molar-refractivity contribution in [2.24, 2.45) is 5.92 Å². The molecular formula is C14H23NO2S. The van der Waals surface area contributed by atoms with Gasteiger partial charge in [0.1, 0.15) is 0 Å². The highest BCUT2D eigenvalue weighted by atomic mass is 32.2. The van der Waals surface area contributed by atoms with Gasteiger partial charge in [0.25, 0.3) is 0 Å². The fourth-order valence-corrected chi connectivity index (χ4v) is 2.67. The highest BCUT2D eigenvalue weighted by molar-refractivity contribution is 7.91. The molecule has 0 radical (unpaired) electrons. The second-order valence-electron chi connectivity index (χ2n) is 4.49. The van der Waals surface area contributed by atoms with Crippen molar-refractivity contribution in [1.29, 1.82) is 0 Å². The second kappa shape index (κ2) is 6.78. The van der Waals surface area contributed by atoms with E-state index in [0.29, 0.717) is 10.8 Å². The van der Waals surface area contributed by atoms with Crippen molar-refractivity contribution < 1.29 is 8.42 Å². The van der Waals surface area contributed by atoms with E-state index in [9.17, 15) is 8.42 Å². The third kappa shape index (κ3) is 4.02. The lowest BCUT2D eigenvalue weighted by Gasteiger charge is -2.14. The summed E-state index contributed by atoms with van der Waals surface area (Å²) in [7, 11) is -3.08. The molecule has 0 spiro atoms. The summed E-state index contributed by atoms with van der Waals surface area (Å²) in [5.41, 5.74) is 0.983. The smallest absolute Gasteiger partial charge is 0.178 e. The zero-order valence-corrected chi connectivity index (χ0v) is 12.3. The summed E-state index contributed by atoms with van der Waals surface area (Å²) in [5, 5.41) is 3.35. The van der Waals surface area contributed by atoms with Crippen LogP contribution >= 0.6 is 0 Å². The van der Waals surface area contributed by atoms with Crippen LogP contribution in [-0.4, -0.2) is 20.7 Å². The maximum absolute atomic E-state index is 11.7. The Morgan fingerprint density at radius 1 is 1.06 bits per heavy atom. The molecule has 0 aromatic heterocycles. The van der Waals surface area contributed by atoms with Gasteiger partial charge in [-0.1, -0.05) is 33.6 Å². The molecule has 1 N–H and O–H groups in total. The Morgan fingerprint density at radius 2 is 1.61 bits per heavy atom. The van der Waals surface area contributed by atoms with Crippen molar-refractivity contribution in [3.63, 3.8) is 0 Å². The normalized spacial score (nSPS) is 11.8. The summed E-state index contributed by atoms with van der Waals surface area (Å²) in [4.78, 5) is 0.401. The van der Waals surface area contributed by atoms with E-state index in [1.165, 1.54) is 0 Å². The lowest BCUT2D eigenvalue weighted by Crippen LogP contribution is -2.12. The van der Waals surface area contributed by atoms with Crippen LogP contribution in [0.4, 0.5) is 5.69 Å². The molecular weight excluding hydrogens is 246 g/mol. The van der Waals surface area contributed by atoms with Gasteiger partial charge in [0.05, 0.1) is 10.6 Å². The van der Waals surface area contributed by atoms with Gasteiger partial charge in [-0.3, -0.25) is 0 Å². The number of hydrogen-bond donors (Lipinski definition) is 1. The molecule has 0 saturated heterocycles. The van der Waals surface area contributed by atoms with Crippen LogP contribution in [0.5, 0.6) is 0 Å². The molecule has 3 nitrogen and oxygen atoms in total. The maximum Gasteiger partial charge on any atom is 0.178 e. The molecule has 0 unspecified atom stereocenters. The first kappa shape index (κ1) is 15.0. The Hall–Kier alpha value is -1.03. The minimum atomic E-state index is -3.08. The number of anilines is 1. The van der Waals surface area contributed by atoms with Gasteiger partial charge in [0, 0.05) is 12.2 Å². The van der Waals surface area contributed by atoms with Crippen LogP contribution in [0.2, 0.25) is 0 Å². The number of hydrogen-bond acceptors (Lipinski definition) is 3. The quantitative estimate of drug-likeness (QED) is 0.826. The predicted molar refractivity (Wildman–Crippen MR) is 76.7 cm³/mol. The first-order valence-corrected chi connectivity index (χ1v) is 8.25.